The molecule has 0 fully saturated rings. The van der Waals surface area contributed by atoms with Gasteiger partial charge in [0.15, 0.2) is 0 Å². The first-order valence-electron chi connectivity index (χ1n) is 4.29. The molecule has 0 amide bonds. The second-order valence-corrected chi connectivity index (χ2v) is 4.79. The molecule has 0 radical (unpaired) electrons. The average molecular weight is 317 g/mol. The normalized spacial score (nSPS) is 12.1. The van der Waals surface area contributed by atoms with Crippen LogP contribution in [0.1, 0.15) is 24.4 Å². The Kier molecular flexibility index (Phi) is 4.67. The third kappa shape index (κ3) is 3.13. The van der Waals surface area contributed by atoms with E-state index in [0.29, 0.717) is 6.42 Å². The van der Waals surface area contributed by atoms with Gasteiger partial charge in [0.2, 0.25) is 0 Å². The Balaban J connectivity index is 2.80. The van der Waals surface area contributed by atoms with Crippen molar-refractivity contribution in [1.29, 1.82) is 0 Å². The summed E-state index contributed by atoms with van der Waals surface area (Å²) in [7, 11) is 0. The maximum atomic E-state index is 5.99. The molecular weight excluding hydrogens is 306 g/mol. The Bertz CT molecular complexity index is 355. The summed E-state index contributed by atoms with van der Waals surface area (Å²) in [5.41, 5.74) is 7.09. The van der Waals surface area contributed by atoms with Gasteiger partial charge in [-0.15, -0.1) is 12.3 Å². The van der Waals surface area contributed by atoms with Crippen molar-refractivity contribution in [2.75, 3.05) is 0 Å². The lowest BCUT2D eigenvalue weighted by atomic mass is 10.0. The van der Waals surface area contributed by atoms with Crippen LogP contribution in [0.15, 0.2) is 27.1 Å². The van der Waals surface area contributed by atoms with Crippen LogP contribution in [0.25, 0.3) is 0 Å². The van der Waals surface area contributed by atoms with Crippen LogP contribution in [0.4, 0.5) is 0 Å². The van der Waals surface area contributed by atoms with Crippen LogP contribution >= 0.6 is 31.9 Å². The highest BCUT2D eigenvalue weighted by atomic mass is 79.9. The molecule has 0 aliphatic heterocycles. The van der Waals surface area contributed by atoms with E-state index in [2.05, 4.69) is 37.8 Å². The van der Waals surface area contributed by atoms with Gasteiger partial charge in [0.1, 0.15) is 0 Å². The molecule has 14 heavy (non-hydrogen) atoms. The number of benzene rings is 1. The third-order valence-corrected chi connectivity index (χ3v) is 3.14. The van der Waals surface area contributed by atoms with Crippen LogP contribution in [-0.4, -0.2) is 0 Å². The molecule has 74 valence electrons. The minimum absolute atomic E-state index is 0.00789. The summed E-state index contributed by atoms with van der Waals surface area (Å²) < 4.78 is 2.06. The van der Waals surface area contributed by atoms with Crippen molar-refractivity contribution in [3.05, 3.63) is 32.7 Å². The zero-order valence-corrected chi connectivity index (χ0v) is 10.8. The molecule has 0 aliphatic rings. The van der Waals surface area contributed by atoms with Crippen molar-refractivity contribution in [2.24, 2.45) is 5.73 Å². The van der Waals surface area contributed by atoms with Crippen LogP contribution in [0.2, 0.25) is 0 Å². The maximum Gasteiger partial charge on any atom is 0.0315 e. The molecule has 0 saturated heterocycles. The summed E-state index contributed by atoms with van der Waals surface area (Å²) in [5, 5.41) is 0. The summed E-state index contributed by atoms with van der Waals surface area (Å²) in [6.45, 7) is 0. The standard InChI is InChI=1S/C11H11Br2N/c1-2-3-4-11(14)9-6-5-8(12)7-10(9)13/h1,5-7,11H,3-4,14H2. The fraction of sp³-hybridized carbons (Fsp3) is 0.273. The van der Waals surface area contributed by atoms with Crippen molar-refractivity contribution >= 4 is 31.9 Å². The predicted molar refractivity (Wildman–Crippen MR) is 66.8 cm³/mol. The lowest BCUT2D eigenvalue weighted by molar-refractivity contribution is 0.665. The van der Waals surface area contributed by atoms with Crippen molar-refractivity contribution in [2.45, 2.75) is 18.9 Å². The number of nitrogens with two attached hydrogens (primary N) is 1. The Morgan fingerprint density at radius 1 is 1.43 bits per heavy atom. The second kappa shape index (κ2) is 5.55. The fourth-order valence-corrected chi connectivity index (χ4v) is 2.54. The monoisotopic (exact) mass is 315 g/mol. The van der Waals surface area contributed by atoms with Gasteiger partial charge in [-0.1, -0.05) is 37.9 Å². The molecule has 1 unspecified atom stereocenters. The molecule has 0 saturated carbocycles. The Morgan fingerprint density at radius 2 is 2.14 bits per heavy atom. The van der Waals surface area contributed by atoms with Gasteiger partial charge in [-0.2, -0.15) is 0 Å². The molecule has 3 heteroatoms. The molecule has 0 aliphatic carbocycles. The summed E-state index contributed by atoms with van der Waals surface area (Å²) in [6.07, 6.45) is 6.72. The van der Waals surface area contributed by atoms with Crippen molar-refractivity contribution in [3.63, 3.8) is 0 Å². The molecule has 1 atom stereocenters. The van der Waals surface area contributed by atoms with E-state index < -0.39 is 0 Å². The number of halogens is 2. The van der Waals surface area contributed by atoms with Crippen LogP contribution in [0.3, 0.4) is 0 Å². The molecule has 1 rings (SSSR count). The molecule has 0 spiro atoms. The predicted octanol–water partition coefficient (Wildman–Crippen LogP) is 3.62. The van der Waals surface area contributed by atoms with E-state index in [1.807, 2.05) is 18.2 Å². The van der Waals surface area contributed by atoms with Gasteiger partial charge in [-0.05, 0) is 24.1 Å². The van der Waals surface area contributed by atoms with Gasteiger partial charge >= 0.3 is 0 Å². The molecule has 0 heterocycles. The number of hydrogen-bond donors (Lipinski definition) is 1. The van der Waals surface area contributed by atoms with E-state index in [4.69, 9.17) is 12.2 Å². The Hall–Kier alpha value is -0.300. The van der Waals surface area contributed by atoms with Crippen LogP contribution in [-0.2, 0) is 0 Å². The Labute approximate surface area is 101 Å². The van der Waals surface area contributed by atoms with Crippen LogP contribution in [0.5, 0.6) is 0 Å². The first kappa shape index (κ1) is 11.8. The quantitative estimate of drug-likeness (QED) is 0.847. The van der Waals surface area contributed by atoms with E-state index in [1.54, 1.807) is 0 Å². The van der Waals surface area contributed by atoms with Gasteiger partial charge in [-0.25, -0.2) is 0 Å². The molecular formula is C11H11Br2N. The average Bonchev–Trinajstić information content (AvgIpc) is 2.14. The third-order valence-electron chi connectivity index (χ3n) is 1.96. The second-order valence-electron chi connectivity index (χ2n) is 3.02. The van der Waals surface area contributed by atoms with E-state index in [-0.39, 0.29) is 6.04 Å². The summed E-state index contributed by atoms with van der Waals surface area (Å²) in [4.78, 5) is 0. The molecule has 0 bridgehead atoms. The van der Waals surface area contributed by atoms with Crippen molar-refractivity contribution in [3.8, 4) is 12.3 Å². The van der Waals surface area contributed by atoms with Crippen LogP contribution < -0.4 is 5.73 Å². The first-order valence-corrected chi connectivity index (χ1v) is 5.87. The molecule has 0 aromatic heterocycles. The topological polar surface area (TPSA) is 26.0 Å². The zero-order chi connectivity index (χ0) is 10.6. The van der Waals surface area contributed by atoms with E-state index in [0.717, 1.165) is 20.9 Å². The van der Waals surface area contributed by atoms with Gasteiger partial charge < -0.3 is 5.73 Å². The lowest BCUT2D eigenvalue weighted by Crippen LogP contribution is -2.10. The van der Waals surface area contributed by atoms with Crippen LogP contribution in [0, 0.1) is 12.3 Å². The first-order chi connectivity index (χ1) is 6.65. The van der Waals surface area contributed by atoms with Gasteiger partial charge in [-0.3, -0.25) is 0 Å². The van der Waals surface area contributed by atoms with Gasteiger partial charge in [0.05, 0.1) is 0 Å². The largest absolute Gasteiger partial charge is 0.324 e. The molecule has 2 N–H and O–H groups in total. The van der Waals surface area contributed by atoms with E-state index in [9.17, 15) is 0 Å². The minimum Gasteiger partial charge on any atom is -0.324 e. The number of rotatable bonds is 3. The Morgan fingerprint density at radius 3 is 2.71 bits per heavy atom. The maximum absolute atomic E-state index is 5.99. The van der Waals surface area contributed by atoms with Gasteiger partial charge in [0, 0.05) is 21.4 Å². The lowest BCUT2D eigenvalue weighted by Gasteiger charge is -2.12. The summed E-state index contributed by atoms with van der Waals surface area (Å²) in [5.74, 6) is 2.59. The van der Waals surface area contributed by atoms with Gasteiger partial charge in [0.25, 0.3) is 0 Å². The minimum atomic E-state index is 0.00789. The summed E-state index contributed by atoms with van der Waals surface area (Å²) in [6, 6.07) is 5.99. The highest BCUT2D eigenvalue weighted by Crippen LogP contribution is 2.27. The zero-order valence-electron chi connectivity index (χ0n) is 7.63. The van der Waals surface area contributed by atoms with E-state index in [1.165, 1.54) is 0 Å². The smallest absolute Gasteiger partial charge is 0.0315 e. The SMILES string of the molecule is C#CCCC(N)c1ccc(Br)cc1Br. The molecule has 1 aromatic carbocycles. The number of hydrogen-bond acceptors (Lipinski definition) is 1. The molecule has 1 nitrogen and oxygen atoms in total. The molecule has 1 aromatic rings. The van der Waals surface area contributed by atoms with E-state index >= 15 is 0 Å². The summed E-state index contributed by atoms with van der Waals surface area (Å²) >= 11 is 6.87. The number of terminal acetylenes is 1. The fourth-order valence-electron chi connectivity index (χ4n) is 1.20. The highest BCUT2D eigenvalue weighted by Gasteiger charge is 2.08. The van der Waals surface area contributed by atoms with Crippen molar-refractivity contribution in [1.82, 2.24) is 0 Å². The van der Waals surface area contributed by atoms with Crippen molar-refractivity contribution < 1.29 is 0 Å². The highest BCUT2D eigenvalue weighted by molar-refractivity contribution is 9.11.